The lowest BCUT2D eigenvalue weighted by Crippen LogP contribution is -2.24. The van der Waals surface area contributed by atoms with Gasteiger partial charge >= 0.3 is 0 Å². The Hall–Kier alpha value is -2.86. The standard InChI is InChI=1S/C20H17BrN2O3/c1-14-3-2-4-17(11-14)25-13-20(24)23-22-12-18-9-10-19(26-18)15-5-7-16(21)8-6-15/h2-12H,13H2,1H3,(H,23,24)/b22-12+. The first-order valence-electron chi connectivity index (χ1n) is 7.97. The van der Waals surface area contributed by atoms with Crippen molar-refractivity contribution in [3.63, 3.8) is 0 Å². The largest absolute Gasteiger partial charge is 0.484 e. The summed E-state index contributed by atoms with van der Waals surface area (Å²) in [6, 6.07) is 18.9. The number of amides is 1. The van der Waals surface area contributed by atoms with Gasteiger partial charge in [-0.15, -0.1) is 0 Å². The monoisotopic (exact) mass is 412 g/mol. The molecule has 0 saturated carbocycles. The molecule has 1 amide bonds. The van der Waals surface area contributed by atoms with Gasteiger partial charge in [-0.3, -0.25) is 4.79 Å². The average Bonchev–Trinajstić information content (AvgIpc) is 3.09. The van der Waals surface area contributed by atoms with E-state index in [1.165, 1.54) is 6.21 Å². The molecule has 0 unspecified atom stereocenters. The molecule has 5 nitrogen and oxygen atoms in total. The van der Waals surface area contributed by atoms with Crippen molar-refractivity contribution >= 4 is 28.1 Å². The molecule has 132 valence electrons. The summed E-state index contributed by atoms with van der Waals surface area (Å²) in [5, 5.41) is 3.89. The highest BCUT2D eigenvalue weighted by molar-refractivity contribution is 9.10. The maximum atomic E-state index is 11.8. The predicted octanol–water partition coefficient (Wildman–Crippen LogP) is 4.55. The number of hydrogen-bond donors (Lipinski definition) is 1. The molecular formula is C20H17BrN2O3. The Morgan fingerprint density at radius 1 is 1.19 bits per heavy atom. The number of furan rings is 1. The number of carbonyl (C=O) groups is 1. The van der Waals surface area contributed by atoms with Crippen LogP contribution in [0.25, 0.3) is 11.3 Å². The third kappa shape index (κ3) is 5.07. The van der Waals surface area contributed by atoms with Crippen LogP contribution in [-0.2, 0) is 4.79 Å². The number of hydrazone groups is 1. The maximum absolute atomic E-state index is 11.8. The zero-order valence-electron chi connectivity index (χ0n) is 14.1. The van der Waals surface area contributed by atoms with Crippen LogP contribution in [0.2, 0.25) is 0 Å². The number of nitrogens with zero attached hydrogens (tertiary/aromatic N) is 1. The normalized spacial score (nSPS) is 10.8. The van der Waals surface area contributed by atoms with Crippen LogP contribution in [0.15, 0.2) is 74.7 Å². The van der Waals surface area contributed by atoms with Crippen LogP contribution < -0.4 is 10.2 Å². The number of nitrogens with one attached hydrogen (secondary N) is 1. The zero-order valence-corrected chi connectivity index (χ0v) is 15.7. The molecule has 6 heteroatoms. The van der Waals surface area contributed by atoms with Crippen LogP contribution in [0.4, 0.5) is 0 Å². The van der Waals surface area contributed by atoms with Gasteiger partial charge in [0.15, 0.2) is 6.61 Å². The Balaban J connectivity index is 1.50. The molecule has 0 spiro atoms. The van der Waals surface area contributed by atoms with Crippen LogP contribution in [0.1, 0.15) is 11.3 Å². The number of rotatable bonds is 6. The fourth-order valence-electron chi connectivity index (χ4n) is 2.25. The van der Waals surface area contributed by atoms with Crippen LogP contribution in [-0.4, -0.2) is 18.7 Å². The van der Waals surface area contributed by atoms with E-state index in [-0.39, 0.29) is 12.5 Å². The molecule has 0 radical (unpaired) electrons. The van der Waals surface area contributed by atoms with Crippen molar-refractivity contribution in [3.05, 3.63) is 76.5 Å². The second-order valence-electron chi connectivity index (χ2n) is 5.61. The van der Waals surface area contributed by atoms with E-state index in [4.69, 9.17) is 9.15 Å². The van der Waals surface area contributed by atoms with Crippen LogP contribution in [0.5, 0.6) is 5.75 Å². The average molecular weight is 413 g/mol. The number of aryl methyl sites for hydroxylation is 1. The van der Waals surface area contributed by atoms with Crippen molar-refractivity contribution < 1.29 is 13.9 Å². The van der Waals surface area contributed by atoms with Gasteiger partial charge in [-0.1, -0.05) is 40.2 Å². The molecule has 0 saturated heterocycles. The van der Waals surface area contributed by atoms with Gasteiger partial charge in [-0.05, 0) is 48.9 Å². The van der Waals surface area contributed by atoms with Gasteiger partial charge in [0.1, 0.15) is 17.3 Å². The number of benzene rings is 2. The van der Waals surface area contributed by atoms with Crippen molar-refractivity contribution in [2.75, 3.05) is 6.61 Å². The fourth-order valence-corrected chi connectivity index (χ4v) is 2.51. The molecule has 1 heterocycles. The molecule has 3 aromatic rings. The third-order valence-electron chi connectivity index (χ3n) is 3.50. The molecule has 0 aliphatic carbocycles. The number of halogens is 1. The summed E-state index contributed by atoms with van der Waals surface area (Å²) in [6.07, 6.45) is 1.45. The predicted molar refractivity (Wildman–Crippen MR) is 104 cm³/mol. The summed E-state index contributed by atoms with van der Waals surface area (Å²) < 4.78 is 12.1. The molecular weight excluding hydrogens is 396 g/mol. The molecule has 1 N–H and O–H groups in total. The lowest BCUT2D eigenvalue weighted by molar-refractivity contribution is -0.123. The molecule has 0 bridgehead atoms. The van der Waals surface area contributed by atoms with Crippen molar-refractivity contribution in [2.45, 2.75) is 6.92 Å². The molecule has 0 aliphatic heterocycles. The van der Waals surface area contributed by atoms with Crippen LogP contribution in [0.3, 0.4) is 0 Å². The first-order chi connectivity index (χ1) is 12.6. The van der Waals surface area contributed by atoms with Gasteiger partial charge in [0.2, 0.25) is 0 Å². The van der Waals surface area contributed by atoms with Crippen molar-refractivity contribution in [3.8, 4) is 17.1 Å². The van der Waals surface area contributed by atoms with Gasteiger partial charge in [-0.2, -0.15) is 5.10 Å². The Morgan fingerprint density at radius 2 is 2.00 bits per heavy atom. The summed E-state index contributed by atoms with van der Waals surface area (Å²) in [7, 11) is 0. The van der Waals surface area contributed by atoms with Gasteiger partial charge in [-0.25, -0.2) is 5.43 Å². The minimum Gasteiger partial charge on any atom is -0.484 e. The third-order valence-corrected chi connectivity index (χ3v) is 4.02. The van der Waals surface area contributed by atoms with Crippen molar-refractivity contribution in [1.82, 2.24) is 5.43 Å². The summed E-state index contributed by atoms with van der Waals surface area (Å²) in [5.74, 6) is 1.58. The Morgan fingerprint density at radius 3 is 2.77 bits per heavy atom. The van der Waals surface area contributed by atoms with E-state index in [1.54, 1.807) is 12.1 Å². The van der Waals surface area contributed by atoms with E-state index in [9.17, 15) is 4.79 Å². The van der Waals surface area contributed by atoms with E-state index in [0.717, 1.165) is 21.4 Å². The van der Waals surface area contributed by atoms with E-state index in [2.05, 4.69) is 26.5 Å². The second-order valence-corrected chi connectivity index (χ2v) is 6.52. The molecule has 2 aromatic carbocycles. The second kappa shape index (κ2) is 8.49. The number of hydrogen-bond acceptors (Lipinski definition) is 4. The summed E-state index contributed by atoms with van der Waals surface area (Å²) in [6.45, 7) is 1.85. The fraction of sp³-hybridized carbons (Fsp3) is 0.100. The van der Waals surface area contributed by atoms with Crippen molar-refractivity contribution in [2.24, 2.45) is 5.10 Å². The molecule has 26 heavy (non-hydrogen) atoms. The first kappa shape index (κ1) is 17.9. The van der Waals surface area contributed by atoms with Crippen LogP contribution >= 0.6 is 15.9 Å². The SMILES string of the molecule is Cc1cccc(OCC(=O)N/N=C/c2ccc(-c3ccc(Br)cc3)o2)c1. The van der Waals surface area contributed by atoms with Gasteiger partial charge in [0, 0.05) is 10.0 Å². The van der Waals surface area contributed by atoms with E-state index in [0.29, 0.717) is 11.5 Å². The lowest BCUT2D eigenvalue weighted by Gasteiger charge is -2.05. The lowest BCUT2D eigenvalue weighted by atomic mass is 10.2. The quantitative estimate of drug-likeness (QED) is 0.477. The van der Waals surface area contributed by atoms with Crippen LogP contribution in [0, 0.1) is 6.92 Å². The first-order valence-corrected chi connectivity index (χ1v) is 8.76. The highest BCUT2D eigenvalue weighted by atomic mass is 79.9. The van der Waals surface area contributed by atoms with Gasteiger partial charge in [0.25, 0.3) is 5.91 Å². The number of ether oxygens (including phenoxy) is 1. The molecule has 0 aliphatic rings. The summed E-state index contributed by atoms with van der Waals surface area (Å²) >= 11 is 3.40. The zero-order chi connectivity index (χ0) is 18.4. The number of carbonyl (C=O) groups excluding carboxylic acids is 1. The van der Waals surface area contributed by atoms with Gasteiger partial charge in [0.05, 0.1) is 6.21 Å². The summed E-state index contributed by atoms with van der Waals surface area (Å²) in [5.41, 5.74) is 4.44. The van der Waals surface area contributed by atoms with E-state index < -0.39 is 0 Å². The molecule has 0 atom stereocenters. The molecule has 3 rings (SSSR count). The Kier molecular flexibility index (Phi) is 5.86. The Bertz CT molecular complexity index is 917. The maximum Gasteiger partial charge on any atom is 0.277 e. The minimum atomic E-state index is -0.345. The smallest absolute Gasteiger partial charge is 0.277 e. The topological polar surface area (TPSA) is 63.8 Å². The highest BCUT2D eigenvalue weighted by Crippen LogP contribution is 2.23. The molecule has 1 aromatic heterocycles. The Labute approximate surface area is 159 Å². The minimum absolute atomic E-state index is 0.108. The summed E-state index contributed by atoms with van der Waals surface area (Å²) in [4.78, 5) is 11.8. The van der Waals surface area contributed by atoms with E-state index >= 15 is 0 Å². The van der Waals surface area contributed by atoms with E-state index in [1.807, 2.05) is 55.5 Å². The van der Waals surface area contributed by atoms with Gasteiger partial charge < -0.3 is 9.15 Å². The molecule has 0 fully saturated rings. The van der Waals surface area contributed by atoms with Crippen molar-refractivity contribution in [1.29, 1.82) is 0 Å². The highest BCUT2D eigenvalue weighted by Gasteiger charge is 2.04.